The van der Waals surface area contributed by atoms with Crippen LogP contribution in [0.25, 0.3) is 0 Å². The number of unbranched alkanes of at least 4 members (excludes halogenated alkanes) is 10. The van der Waals surface area contributed by atoms with Crippen molar-refractivity contribution in [2.45, 2.75) is 84.0 Å². The van der Waals surface area contributed by atoms with E-state index in [2.05, 4.69) is 18.3 Å². The minimum absolute atomic E-state index is 0.0802. The Bertz CT molecular complexity index is 416. The molecule has 1 N–H and O–H groups in total. The summed E-state index contributed by atoms with van der Waals surface area (Å²) >= 11 is 5.77. The summed E-state index contributed by atoms with van der Waals surface area (Å²) in [7, 11) is 0. The van der Waals surface area contributed by atoms with Crippen molar-refractivity contribution >= 4 is 23.2 Å². The van der Waals surface area contributed by atoms with Gasteiger partial charge in [0.05, 0.1) is 0 Å². The number of amides is 1. The molecule has 0 aliphatic carbocycles. The molecule has 0 saturated carbocycles. The Kier molecular flexibility index (Phi) is 11.7. The molecule has 3 heteroatoms. The average molecular weight is 337 g/mol. The second kappa shape index (κ2) is 13.4. The monoisotopic (exact) mass is 336 g/mol. The molecular formula is C20H31ClNO. The minimum Gasteiger partial charge on any atom is -0.326 e. The lowest BCUT2D eigenvalue weighted by molar-refractivity contribution is -0.116. The number of carbonyl (C=O) groups is 1. The summed E-state index contributed by atoms with van der Waals surface area (Å²) in [6.45, 7) is 2.26. The van der Waals surface area contributed by atoms with Crippen molar-refractivity contribution < 1.29 is 4.79 Å². The van der Waals surface area contributed by atoms with E-state index < -0.39 is 0 Å². The lowest BCUT2D eigenvalue weighted by atomic mass is 10.1. The molecule has 0 saturated heterocycles. The van der Waals surface area contributed by atoms with Gasteiger partial charge in [0.2, 0.25) is 5.91 Å². The summed E-state index contributed by atoms with van der Waals surface area (Å²) in [5, 5.41) is 3.44. The zero-order valence-corrected chi connectivity index (χ0v) is 15.3. The van der Waals surface area contributed by atoms with E-state index in [0.29, 0.717) is 11.4 Å². The number of hydrogen-bond donors (Lipinski definition) is 1. The van der Waals surface area contributed by atoms with Crippen LogP contribution in [0.2, 0.25) is 5.02 Å². The lowest BCUT2D eigenvalue weighted by Crippen LogP contribution is -2.10. The second-order valence-electron chi connectivity index (χ2n) is 6.26. The van der Waals surface area contributed by atoms with Crippen molar-refractivity contribution in [3.05, 3.63) is 29.3 Å². The van der Waals surface area contributed by atoms with Crippen molar-refractivity contribution in [2.75, 3.05) is 5.32 Å². The molecular weight excluding hydrogens is 306 g/mol. The van der Waals surface area contributed by atoms with Crippen LogP contribution in [0.4, 0.5) is 5.69 Å². The molecule has 1 aromatic carbocycles. The van der Waals surface area contributed by atoms with Gasteiger partial charge in [-0.25, -0.2) is 0 Å². The van der Waals surface area contributed by atoms with E-state index in [1.807, 2.05) is 0 Å². The van der Waals surface area contributed by atoms with Gasteiger partial charge < -0.3 is 5.32 Å². The number of nitrogens with one attached hydrogen (secondary N) is 1. The van der Waals surface area contributed by atoms with E-state index >= 15 is 0 Å². The van der Waals surface area contributed by atoms with E-state index in [1.54, 1.807) is 18.2 Å². The normalized spacial score (nSPS) is 10.7. The molecule has 0 aromatic heterocycles. The predicted octanol–water partition coefficient (Wildman–Crippen LogP) is 6.78. The molecule has 0 atom stereocenters. The Morgan fingerprint density at radius 1 is 0.957 bits per heavy atom. The maximum absolute atomic E-state index is 11.8. The Morgan fingerprint density at radius 3 is 2.04 bits per heavy atom. The fourth-order valence-corrected chi connectivity index (χ4v) is 2.77. The number of hydrogen-bond acceptors (Lipinski definition) is 1. The number of halogens is 1. The molecule has 0 aliphatic heterocycles. The molecule has 0 bridgehead atoms. The first-order valence-corrected chi connectivity index (χ1v) is 9.57. The molecule has 1 amide bonds. The average Bonchev–Trinajstić information content (AvgIpc) is 2.55. The standard InChI is InChI=1S/C20H31ClNO/c1-2-3-4-5-6-7-8-9-10-11-12-13-20(23)22-19-16-14-18(21)15-17-19/h14,16-17H,2-13H2,1H3,(H,22,23). The maximum atomic E-state index is 11.8. The van der Waals surface area contributed by atoms with Crippen LogP contribution in [-0.2, 0) is 4.79 Å². The first-order valence-electron chi connectivity index (χ1n) is 9.19. The van der Waals surface area contributed by atoms with Gasteiger partial charge in [-0.15, -0.1) is 0 Å². The van der Waals surface area contributed by atoms with E-state index in [-0.39, 0.29) is 5.91 Å². The summed E-state index contributed by atoms with van der Waals surface area (Å²) in [4.78, 5) is 11.8. The summed E-state index contributed by atoms with van der Waals surface area (Å²) in [6, 6.07) is 8.12. The highest BCUT2D eigenvalue weighted by Crippen LogP contribution is 2.14. The van der Waals surface area contributed by atoms with E-state index in [1.165, 1.54) is 57.8 Å². The fourth-order valence-electron chi connectivity index (χ4n) is 2.66. The Morgan fingerprint density at radius 2 is 1.52 bits per heavy atom. The third kappa shape index (κ3) is 11.2. The molecule has 129 valence electrons. The molecule has 1 radical (unpaired) electrons. The van der Waals surface area contributed by atoms with Gasteiger partial charge in [-0.3, -0.25) is 4.79 Å². The van der Waals surface area contributed by atoms with Crippen LogP contribution < -0.4 is 5.32 Å². The van der Waals surface area contributed by atoms with Crippen molar-refractivity contribution in [1.29, 1.82) is 0 Å². The van der Waals surface area contributed by atoms with Gasteiger partial charge in [0.15, 0.2) is 0 Å². The zero-order valence-electron chi connectivity index (χ0n) is 14.5. The first kappa shape index (κ1) is 20.0. The first-order chi connectivity index (χ1) is 11.2. The third-order valence-corrected chi connectivity index (χ3v) is 4.30. The van der Waals surface area contributed by atoms with Crippen molar-refractivity contribution in [3.8, 4) is 0 Å². The minimum atomic E-state index is 0.0802. The highest BCUT2D eigenvalue weighted by molar-refractivity contribution is 6.30. The summed E-state index contributed by atoms with van der Waals surface area (Å²) in [6.07, 6.45) is 14.9. The smallest absolute Gasteiger partial charge is 0.224 e. The molecule has 1 rings (SSSR count). The number of benzene rings is 1. The van der Waals surface area contributed by atoms with Crippen LogP contribution in [0.3, 0.4) is 0 Å². The van der Waals surface area contributed by atoms with Crippen LogP contribution in [0, 0.1) is 6.07 Å². The topological polar surface area (TPSA) is 29.1 Å². The summed E-state index contributed by atoms with van der Waals surface area (Å²) in [5.74, 6) is 0.0802. The van der Waals surface area contributed by atoms with Crippen LogP contribution in [0.5, 0.6) is 0 Å². The SMILES string of the molecule is CCCCCCCCCCCCCC(=O)Nc1c[c]c(Cl)cc1. The zero-order chi connectivity index (χ0) is 16.8. The van der Waals surface area contributed by atoms with Crippen LogP contribution in [0.1, 0.15) is 84.0 Å². The summed E-state index contributed by atoms with van der Waals surface area (Å²) < 4.78 is 0. The summed E-state index contributed by atoms with van der Waals surface area (Å²) in [5.41, 5.74) is 0.766. The molecule has 0 unspecified atom stereocenters. The van der Waals surface area contributed by atoms with Gasteiger partial charge in [0, 0.05) is 23.2 Å². The molecule has 0 spiro atoms. The number of anilines is 1. The van der Waals surface area contributed by atoms with E-state index in [4.69, 9.17) is 11.6 Å². The van der Waals surface area contributed by atoms with Gasteiger partial charge in [-0.1, -0.05) is 82.7 Å². The molecule has 1 aromatic rings. The van der Waals surface area contributed by atoms with Gasteiger partial charge in [-0.2, -0.15) is 0 Å². The largest absolute Gasteiger partial charge is 0.326 e. The number of rotatable bonds is 13. The van der Waals surface area contributed by atoms with Crippen molar-refractivity contribution in [2.24, 2.45) is 0 Å². The van der Waals surface area contributed by atoms with Gasteiger partial charge in [0.25, 0.3) is 0 Å². The highest BCUT2D eigenvalue weighted by atomic mass is 35.5. The van der Waals surface area contributed by atoms with Crippen LogP contribution in [0.15, 0.2) is 18.2 Å². The van der Waals surface area contributed by atoms with Gasteiger partial charge in [0.1, 0.15) is 0 Å². The number of carbonyl (C=O) groups excluding carboxylic acids is 1. The third-order valence-electron chi connectivity index (χ3n) is 4.07. The molecule has 23 heavy (non-hydrogen) atoms. The Labute approximate surface area is 147 Å². The maximum Gasteiger partial charge on any atom is 0.224 e. The second-order valence-corrected chi connectivity index (χ2v) is 6.67. The lowest BCUT2D eigenvalue weighted by Gasteiger charge is -2.05. The van der Waals surface area contributed by atoms with E-state index in [9.17, 15) is 4.79 Å². The highest BCUT2D eigenvalue weighted by Gasteiger charge is 2.02. The molecule has 2 nitrogen and oxygen atoms in total. The van der Waals surface area contributed by atoms with E-state index in [0.717, 1.165) is 18.5 Å². The predicted molar refractivity (Wildman–Crippen MR) is 100.0 cm³/mol. The Balaban J connectivity index is 1.90. The van der Waals surface area contributed by atoms with Crippen molar-refractivity contribution in [3.63, 3.8) is 0 Å². The molecule has 0 fully saturated rings. The van der Waals surface area contributed by atoms with Crippen LogP contribution >= 0.6 is 11.6 Å². The van der Waals surface area contributed by atoms with Crippen LogP contribution in [-0.4, -0.2) is 5.91 Å². The van der Waals surface area contributed by atoms with Gasteiger partial charge >= 0.3 is 0 Å². The molecule has 0 aliphatic rings. The van der Waals surface area contributed by atoms with Gasteiger partial charge in [-0.05, 0) is 24.6 Å². The van der Waals surface area contributed by atoms with Crippen molar-refractivity contribution in [1.82, 2.24) is 0 Å². The quantitative estimate of drug-likeness (QED) is 0.395. The molecule has 0 heterocycles. The Hall–Kier alpha value is -1.02. The fraction of sp³-hybridized carbons (Fsp3) is 0.650.